The fourth-order valence-corrected chi connectivity index (χ4v) is 1.40. The number of H-pyrrole nitrogens is 1. The summed E-state index contributed by atoms with van der Waals surface area (Å²) >= 11 is 0. The summed E-state index contributed by atoms with van der Waals surface area (Å²) in [7, 11) is 0. The van der Waals surface area contributed by atoms with E-state index >= 15 is 0 Å². The maximum absolute atomic E-state index is 4.27. The molecule has 0 unspecified atom stereocenters. The molecule has 5 heteroatoms. The van der Waals surface area contributed by atoms with E-state index in [0.29, 0.717) is 0 Å². The molecule has 0 aliphatic carbocycles. The molecule has 0 saturated heterocycles. The monoisotopic (exact) mass is 217 g/mol. The van der Waals surface area contributed by atoms with Gasteiger partial charge in [0.1, 0.15) is 5.69 Å². The first-order valence-electron chi connectivity index (χ1n) is 5.41. The molecule has 0 aliphatic rings. The van der Waals surface area contributed by atoms with Crippen LogP contribution in [-0.2, 0) is 6.54 Å². The number of imidazole rings is 1. The summed E-state index contributed by atoms with van der Waals surface area (Å²) in [5.41, 5.74) is 1.83. The highest BCUT2D eigenvalue weighted by Gasteiger charge is 2.03. The standard InChI is InChI=1S/C11H15N5/c1-2-3-12-6-9-7-15-11(16-9)10-8-13-4-5-14-10/h4-5,7-8,12H,2-3,6H2,1H3,(H,15,16). The van der Waals surface area contributed by atoms with Crippen molar-refractivity contribution in [3.8, 4) is 11.5 Å². The maximum atomic E-state index is 4.27. The van der Waals surface area contributed by atoms with Gasteiger partial charge in [-0.3, -0.25) is 4.98 Å². The Bertz CT molecular complexity index is 423. The molecule has 0 aromatic carbocycles. The third kappa shape index (κ3) is 2.64. The average Bonchev–Trinajstić information content (AvgIpc) is 2.79. The molecule has 0 radical (unpaired) electrons. The molecule has 0 bridgehead atoms. The van der Waals surface area contributed by atoms with E-state index in [9.17, 15) is 0 Å². The van der Waals surface area contributed by atoms with Crippen molar-refractivity contribution in [3.05, 3.63) is 30.5 Å². The molecule has 2 N–H and O–H groups in total. The summed E-state index contributed by atoms with van der Waals surface area (Å²) in [5, 5.41) is 3.31. The zero-order valence-electron chi connectivity index (χ0n) is 9.27. The van der Waals surface area contributed by atoms with E-state index < -0.39 is 0 Å². The van der Waals surface area contributed by atoms with Gasteiger partial charge in [-0.05, 0) is 13.0 Å². The van der Waals surface area contributed by atoms with Gasteiger partial charge in [-0.25, -0.2) is 9.97 Å². The molecule has 0 atom stereocenters. The minimum atomic E-state index is 0.765. The predicted octanol–water partition coefficient (Wildman–Crippen LogP) is 1.37. The zero-order chi connectivity index (χ0) is 11.2. The first-order chi connectivity index (χ1) is 7.90. The van der Waals surface area contributed by atoms with Gasteiger partial charge in [0.2, 0.25) is 0 Å². The molecule has 0 aliphatic heterocycles. The summed E-state index contributed by atoms with van der Waals surface area (Å²) in [5.74, 6) is 0.765. The average molecular weight is 217 g/mol. The van der Waals surface area contributed by atoms with Gasteiger partial charge < -0.3 is 10.3 Å². The van der Waals surface area contributed by atoms with Crippen LogP contribution in [0.3, 0.4) is 0 Å². The van der Waals surface area contributed by atoms with Crippen molar-refractivity contribution in [3.63, 3.8) is 0 Å². The molecule has 0 saturated carbocycles. The van der Waals surface area contributed by atoms with Crippen molar-refractivity contribution in [1.29, 1.82) is 0 Å². The van der Waals surface area contributed by atoms with Gasteiger partial charge >= 0.3 is 0 Å². The van der Waals surface area contributed by atoms with Crippen LogP contribution in [0.1, 0.15) is 19.0 Å². The van der Waals surface area contributed by atoms with Gasteiger partial charge in [0.15, 0.2) is 5.82 Å². The van der Waals surface area contributed by atoms with Crippen LogP contribution in [0.5, 0.6) is 0 Å². The first kappa shape index (κ1) is 10.8. The van der Waals surface area contributed by atoms with E-state index in [1.54, 1.807) is 18.6 Å². The summed E-state index contributed by atoms with van der Waals surface area (Å²) in [4.78, 5) is 15.7. The number of nitrogens with one attached hydrogen (secondary N) is 2. The zero-order valence-corrected chi connectivity index (χ0v) is 9.27. The normalized spacial score (nSPS) is 10.6. The van der Waals surface area contributed by atoms with Crippen molar-refractivity contribution in [2.24, 2.45) is 0 Å². The van der Waals surface area contributed by atoms with Gasteiger partial charge in [0.05, 0.1) is 12.4 Å². The lowest BCUT2D eigenvalue weighted by Crippen LogP contribution is -2.13. The Labute approximate surface area is 94.4 Å². The molecule has 0 fully saturated rings. The molecule has 2 aromatic rings. The van der Waals surface area contributed by atoms with Crippen LogP contribution in [-0.4, -0.2) is 26.5 Å². The van der Waals surface area contributed by atoms with Crippen molar-refractivity contribution in [2.45, 2.75) is 19.9 Å². The number of rotatable bonds is 5. The minimum Gasteiger partial charge on any atom is -0.339 e. The number of aromatic nitrogens is 4. The van der Waals surface area contributed by atoms with Crippen LogP contribution in [0.15, 0.2) is 24.8 Å². The van der Waals surface area contributed by atoms with Crippen LogP contribution < -0.4 is 5.32 Å². The second kappa shape index (κ2) is 5.37. The Hall–Kier alpha value is -1.75. The second-order valence-electron chi connectivity index (χ2n) is 3.52. The van der Waals surface area contributed by atoms with Crippen molar-refractivity contribution >= 4 is 0 Å². The molecule has 0 spiro atoms. The Morgan fingerprint density at radius 2 is 2.19 bits per heavy atom. The summed E-state index contributed by atoms with van der Waals surface area (Å²) in [6, 6.07) is 0. The topological polar surface area (TPSA) is 66.5 Å². The van der Waals surface area contributed by atoms with Crippen LogP contribution in [0.25, 0.3) is 11.5 Å². The lowest BCUT2D eigenvalue weighted by atomic mass is 10.4. The highest BCUT2D eigenvalue weighted by atomic mass is 15.0. The second-order valence-corrected chi connectivity index (χ2v) is 3.52. The highest BCUT2D eigenvalue weighted by molar-refractivity contribution is 5.46. The van der Waals surface area contributed by atoms with E-state index in [-0.39, 0.29) is 0 Å². The van der Waals surface area contributed by atoms with E-state index in [1.807, 2.05) is 6.20 Å². The molecule has 5 nitrogen and oxygen atoms in total. The third-order valence-corrected chi connectivity index (χ3v) is 2.18. The number of hydrogen-bond donors (Lipinski definition) is 2. The quantitative estimate of drug-likeness (QED) is 0.742. The van der Waals surface area contributed by atoms with E-state index in [0.717, 1.165) is 36.7 Å². The van der Waals surface area contributed by atoms with Gasteiger partial charge in [-0.1, -0.05) is 6.92 Å². The smallest absolute Gasteiger partial charge is 0.157 e. The van der Waals surface area contributed by atoms with Crippen molar-refractivity contribution in [1.82, 2.24) is 25.3 Å². The first-order valence-corrected chi connectivity index (χ1v) is 5.41. The fraction of sp³-hybridized carbons (Fsp3) is 0.364. The molecule has 2 heterocycles. The number of hydrogen-bond acceptors (Lipinski definition) is 4. The summed E-state index contributed by atoms with van der Waals surface area (Å²) in [6.45, 7) is 3.96. The van der Waals surface area contributed by atoms with E-state index in [1.165, 1.54) is 0 Å². The van der Waals surface area contributed by atoms with Crippen LogP contribution in [0, 0.1) is 0 Å². The van der Waals surface area contributed by atoms with Gasteiger partial charge in [0, 0.05) is 24.6 Å². The van der Waals surface area contributed by atoms with Crippen LogP contribution in [0.4, 0.5) is 0 Å². The van der Waals surface area contributed by atoms with Crippen LogP contribution in [0.2, 0.25) is 0 Å². The molecule has 16 heavy (non-hydrogen) atoms. The van der Waals surface area contributed by atoms with Gasteiger partial charge in [0.25, 0.3) is 0 Å². The molecular weight excluding hydrogens is 202 g/mol. The molecule has 84 valence electrons. The molecular formula is C11H15N5. The maximum Gasteiger partial charge on any atom is 0.157 e. The predicted molar refractivity (Wildman–Crippen MR) is 61.6 cm³/mol. The Balaban J connectivity index is 2.02. The Kier molecular flexibility index (Phi) is 3.61. The third-order valence-electron chi connectivity index (χ3n) is 2.18. The fourth-order valence-electron chi connectivity index (χ4n) is 1.40. The summed E-state index contributed by atoms with van der Waals surface area (Å²) < 4.78 is 0. The molecule has 2 rings (SSSR count). The lowest BCUT2D eigenvalue weighted by molar-refractivity contribution is 0.666. The Morgan fingerprint density at radius 3 is 2.94 bits per heavy atom. The summed E-state index contributed by atoms with van der Waals surface area (Å²) in [6.07, 6.45) is 7.96. The molecule has 0 amide bonds. The highest BCUT2D eigenvalue weighted by Crippen LogP contribution is 2.10. The van der Waals surface area contributed by atoms with Gasteiger partial charge in [-0.15, -0.1) is 0 Å². The minimum absolute atomic E-state index is 0.765. The van der Waals surface area contributed by atoms with Crippen LogP contribution >= 0.6 is 0 Å². The largest absolute Gasteiger partial charge is 0.339 e. The van der Waals surface area contributed by atoms with E-state index in [4.69, 9.17) is 0 Å². The SMILES string of the molecule is CCCNCc1cnc(-c2cnccn2)[nH]1. The number of aromatic amines is 1. The lowest BCUT2D eigenvalue weighted by Gasteiger charge is -1.99. The van der Waals surface area contributed by atoms with Crippen molar-refractivity contribution < 1.29 is 0 Å². The van der Waals surface area contributed by atoms with E-state index in [2.05, 4.69) is 32.2 Å². The molecule has 2 aromatic heterocycles. The Morgan fingerprint density at radius 1 is 1.25 bits per heavy atom. The number of nitrogens with zero attached hydrogens (tertiary/aromatic N) is 3. The van der Waals surface area contributed by atoms with Crippen molar-refractivity contribution in [2.75, 3.05) is 6.54 Å². The van der Waals surface area contributed by atoms with Gasteiger partial charge in [-0.2, -0.15) is 0 Å².